The summed E-state index contributed by atoms with van der Waals surface area (Å²) in [5.41, 5.74) is 1.76. The molecule has 126 valence electrons. The first kappa shape index (κ1) is 14.6. The van der Waals surface area contributed by atoms with Crippen LogP contribution in [0.2, 0.25) is 0 Å². The molecule has 4 fully saturated rings. The van der Waals surface area contributed by atoms with Crippen molar-refractivity contribution in [2.45, 2.75) is 57.8 Å². The normalized spacial score (nSPS) is 33.9. The van der Waals surface area contributed by atoms with Gasteiger partial charge in [0.25, 0.3) is 0 Å². The van der Waals surface area contributed by atoms with E-state index in [1.165, 1.54) is 44.1 Å². The molecule has 0 amide bonds. The zero-order valence-electron chi connectivity index (χ0n) is 14.2. The zero-order valence-corrected chi connectivity index (χ0v) is 14.2. The maximum Gasteiger partial charge on any atom is 0.226 e. The van der Waals surface area contributed by atoms with Crippen molar-refractivity contribution >= 4 is 0 Å². The second kappa shape index (κ2) is 5.68. The van der Waals surface area contributed by atoms with E-state index in [2.05, 4.69) is 10.1 Å². The molecule has 2 heterocycles. The van der Waals surface area contributed by atoms with Crippen LogP contribution in [0.1, 0.15) is 55.8 Å². The summed E-state index contributed by atoms with van der Waals surface area (Å²) < 4.78 is 5.52. The van der Waals surface area contributed by atoms with Crippen molar-refractivity contribution in [2.75, 3.05) is 0 Å². The second-order valence-electron chi connectivity index (χ2n) is 8.55. The second-order valence-corrected chi connectivity index (χ2v) is 8.55. The SMILES string of the molecule is c1cc(CCc2nc(CC34CC5CC(CC(C5)C3)C4)no2)ccn1. The van der Waals surface area contributed by atoms with E-state index in [1.54, 1.807) is 0 Å². The van der Waals surface area contributed by atoms with Crippen LogP contribution in [0.4, 0.5) is 0 Å². The number of aromatic nitrogens is 3. The molecular formula is C20H25N3O. The van der Waals surface area contributed by atoms with Gasteiger partial charge in [-0.2, -0.15) is 4.98 Å². The van der Waals surface area contributed by atoms with E-state index in [9.17, 15) is 0 Å². The number of hydrogen-bond acceptors (Lipinski definition) is 4. The van der Waals surface area contributed by atoms with E-state index in [4.69, 9.17) is 9.51 Å². The Morgan fingerprint density at radius 3 is 2.29 bits per heavy atom. The van der Waals surface area contributed by atoms with Gasteiger partial charge in [-0.1, -0.05) is 5.16 Å². The van der Waals surface area contributed by atoms with Crippen molar-refractivity contribution < 1.29 is 4.52 Å². The summed E-state index contributed by atoms with van der Waals surface area (Å²) in [6.45, 7) is 0. The molecule has 24 heavy (non-hydrogen) atoms. The third kappa shape index (κ3) is 2.76. The zero-order chi connectivity index (χ0) is 16.0. The third-order valence-corrected chi connectivity index (χ3v) is 6.59. The number of rotatable bonds is 5. The molecule has 2 aromatic rings. The average molecular weight is 323 g/mol. The van der Waals surface area contributed by atoms with Gasteiger partial charge >= 0.3 is 0 Å². The Hall–Kier alpha value is -1.71. The summed E-state index contributed by atoms with van der Waals surface area (Å²) in [5, 5.41) is 4.31. The average Bonchev–Trinajstić information content (AvgIpc) is 2.99. The Morgan fingerprint density at radius 1 is 0.958 bits per heavy atom. The standard InChI is InChI=1S/C20H25N3O/c1(14-3-5-21-6-4-14)2-19-22-18(23-24-19)13-20-10-15-7-16(11-20)9-17(8-15)12-20/h3-6,15-17H,1-2,7-13H2. The Labute approximate surface area is 143 Å². The molecule has 0 spiro atoms. The van der Waals surface area contributed by atoms with Gasteiger partial charge in [0.2, 0.25) is 5.89 Å². The summed E-state index contributed by atoms with van der Waals surface area (Å²) in [6.07, 6.45) is 15.1. The van der Waals surface area contributed by atoms with E-state index in [0.29, 0.717) is 5.41 Å². The summed E-state index contributed by atoms with van der Waals surface area (Å²) in [5.74, 6) is 4.67. The molecule has 0 radical (unpaired) electrons. The van der Waals surface area contributed by atoms with Gasteiger partial charge in [-0.25, -0.2) is 0 Å². The van der Waals surface area contributed by atoms with Gasteiger partial charge in [-0.3, -0.25) is 4.98 Å². The quantitative estimate of drug-likeness (QED) is 0.834. The highest BCUT2D eigenvalue weighted by molar-refractivity contribution is 5.11. The van der Waals surface area contributed by atoms with Crippen LogP contribution in [0, 0.1) is 23.2 Å². The van der Waals surface area contributed by atoms with Gasteiger partial charge in [0, 0.05) is 25.2 Å². The van der Waals surface area contributed by atoms with Crippen LogP contribution >= 0.6 is 0 Å². The lowest BCUT2D eigenvalue weighted by Crippen LogP contribution is -2.47. The number of aryl methyl sites for hydroxylation is 2. The van der Waals surface area contributed by atoms with Gasteiger partial charge in [0.1, 0.15) is 0 Å². The minimum Gasteiger partial charge on any atom is -0.339 e. The van der Waals surface area contributed by atoms with Gasteiger partial charge in [0.15, 0.2) is 5.82 Å². The van der Waals surface area contributed by atoms with E-state index in [0.717, 1.165) is 48.7 Å². The maximum atomic E-state index is 5.52. The molecule has 4 nitrogen and oxygen atoms in total. The smallest absolute Gasteiger partial charge is 0.226 e. The maximum absolute atomic E-state index is 5.52. The molecule has 4 heteroatoms. The minimum atomic E-state index is 0.487. The molecule has 0 atom stereocenters. The third-order valence-electron chi connectivity index (χ3n) is 6.59. The van der Waals surface area contributed by atoms with Crippen LogP contribution in [-0.2, 0) is 19.3 Å². The van der Waals surface area contributed by atoms with Gasteiger partial charge in [0.05, 0.1) is 0 Å². The summed E-state index contributed by atoms with van der Waals surface area (Å²) >= 11 is 0. The fourth-order valence-corrected chi connectivity index (χ4v) is 6.11. The van der Waals surface area contributed by atoms with Crippen molar-refractivity contribution in [2.24, 2.45) is 23.2 Å². The molecule has 2 aromatic heterocycles. The topological polar surface area (TPSA) is 51.8 Å². The molecule has 0 aliphatic heterocycles. The monoisotopic (exact) mass is 323 g/mol. The van der Waals surface area contributed by atoms with Crippen LogP contribution in [0.25, 0.3) is 0 Å². The molecule has 6 rings (SSSR count). The van der Waals surface area contributed by atoms with Crippen LogP contribution in [0.15, 0.2) is 29.0 Å². The van der Waals surface area contributed by atoms with E-state index in [1.807, 2.05) is 24.5 Å². The first-order chi connectivity index (χ1) is 11.8. The summed E-state index contributed by atoms with van der Waals surface area (Å²) in [4.78, 5) is 8.76. The molecular weight excluding hydrogens is 298 g/mol. The predicted octanol–water partition coefficient (Wildman–Crippen LogP) is 4.01. The molecule has 0 N–H and O–H groups in total. The molecule has 0 saturated heterocycles. The highest BCUT2D eigenvalue weighted by Gasteiger charge is 2.51. The van der Waals surface area contributed by atoms with Crippen molar-refractivity contribution in [3.8, 4) is 0 Å². The van der Waals surface area contributed by atoms with E-state index in [-0.39, 0.29) is 0 Å². The molecule has 0 aromatic carbocycles. The highest BCUT2D eigenvalue weighted by atomic mass is 16.5. The Balaban J connectivity index is 1.25. The Kier molecular flexibility index (Phi) is 3.46. The number of pyridine rings is 1. The van der Waals surface area contributed by atoms with Gasteiger partial charge in [-0.15, -0.1) is 0 Å². The fourth-order valence-electron chi connectivity index (χ4n) is 6.11. The molecule has 4 bridgehead atoms. The van der Waals surface area contributed by atoms with Crippen molar-refractivity contribution in [1.29, 1.82) is 0 Å². The highest BCUT2D eigenvalue weighted by Crippen LogP contribution is 2.60. The van der Waals surface area contributed by atoms with Crippen LogP contribution in [0.5, 0.6) is 0 Å². The number of hydrogen-bond donors (Lipinski definition) is 0. The first-order valence-corrected chi connectivity index (χ1v) is 9.47. The molecule has 0 unspecified atom stereocenters. The van der Waals surface area contributed by atoms with Crippen molar-refractivity contribution in [1.82, 2.24) is 15.1 Å². The Bertz CT molecular complexity index is 673. The molecule has 4 aliphatic rings. The van der Waals surface area contributed by atoms with Crippen LogP contribution in [0.3, 0.4) is 0 Å². The van der Waals surface area contributed by atoms with Crippen molar-refractivity contribution in [3.05, 3.63) is 41.8 Å². The molecule has 4 saturated carbocycles. The van der Waals surface area contributed by atoms with E-state index < -0.39 is 0 Å². The predicted molar refractivity (Wildman–Crippen MR) is 90.3 cm³/mol. The van der Waals surface area contributed by atoms with Crippen LogP contribution in [-0.4, -0.2) is 15.1 Å². The molecule has 4 aliphatic carbocycles. The van der Waals surface area contributed by atoms with E-state index >= 15 is 0 Å². The van der Waals surface area contributed by atoms with Gasteiger partial charge in [-0.05, 0) is 85.8 Å². The lowest BCUT2D eigenvalue weighted by atomic mass is 9.49. The first-order valence-electron chi connectivity index (χ1n) is 9.47. The lowest BCUT2D eigenvalue weighted by Gasteiger charge is -2.56. The minimum absolute atomic E-state index is 0.487. The number of nitrogens with zero attached hydrogens (tertiary/aromatic N) is 3. The van der Waals surface area contributed by atoms with Crippen molar-refractivity contribution in [3.63, 3.8) is 0 Å². The summed E-state index contributed by atoms with van der Waals surface area (Å²) in [6, 6.07) is 4.10. The fraction of sp³-hybridized carbons (Fsp3) is 0.650. The Morgan fingerprint density at radius 2 is 1.62 bits per heavy atom. The lowest BCUT2D eigenvalue weighted by molar-refractivity contribution is -0.0533. The van der Waals surface area contributed by atoms with Crippen LogP contribution < -0.4 is 0 Å². The largest absolute Gasteiger partial charge is 0.339 e. The van der Waals surface area contributed by atoms with Gasteiger partial charge < -0.3 is 4.52 Å². The summed E-state index contributed by atoms with van der Waals surface area (Å²) in [7, 11) is 0.